The molecule has 0 spiro atoms. The maximum Gasteiger partial charge on any atom is 0.416 e. The fourth-order valence-corrected chi connectivity index (χ4v) is 3.12. The van der Waals surface area contributed by atoms with E-state index in [9.17, 15) is 18.0 Å². The van der Waals surface area contributed by atoms with Crippen LogP contribution in [-0.2, 0) is 11.0 Å². The van der Waals surface area contributed by atoms with Crippen molar-refractivity contribution in [2.75, 3.05) is 31.1 Å². The number of carbonyl (C=O) groups is 1. The number of hydrogen-bond donors (Lipinski definition) is 0. The van der Waals surface area contributed by atoms with E-state index in [-0.39, 0.29) is 11.7 Å². The number of hydrogen-bond acceptors (Lipinski definition) is 4. The van der Waals surface area contributed by atoms with Gasteiger partial charge in [-0.05, 0) is 26.0 Å². The molecule has 1 saturated heterocycles. The first kappa shape index (κ1) is 19.1. The third kappa shape index (κ3) is 4.04. The third-order valence-corrected chi connectivity index (χ3v) is 4.84. The molecule has 27 heavy (non-hydrogen) atoms. The summed E-state index contributed by atoms with van der Waals surface area (Å²) in [5, 5.41) is 0. The summed E-state index contributed by atoms with van der Waals surface area (Å²) in [4.78, 5) is 24.3. The first-order valence-electron chi connectivity index (χ1n) is 8.70. The molecule has 1 aromatic heterocycles. The van der Waals surface area contributed by atoms with E-state index in [1.165, 1.54) is 6.07 Å². The van der Waals surface area contributed by atoms with Crippen LogP contribution in [0.1, 0.15) is 23.7 Å². The average Bonchev–Trinajstić information content (AvgIpc) is 2.63. The lowest BCUT2D eigenvalue weighted by Crippen LogP contribution is -2.48. The van der Waals surface area contributed by atoms with Gasteiger partial charge in [0.2, 0.25) is 5.91 Å². The van der Waals surface area contributed by atoms with E-state index in [0.717, 1.165) is 23.4 Å². The molecule has 0 bridgehead atoms. The molecule has 0 unspecified atom stereocenters. The molecule has 0 atom stereocenters. The zero-order chi connectivity index (χ0) is 19.8. The van der Waals surface area contributed by atoms with Crippen LogP contribution >= 0.6 is 0 Å². The molecule has 1 aromatic carbocycles. The quantitative estimate of drug-likeness (QED) is 0.803. The number of rotatable bonds is 2. The molecule has 0 radical (unpaired) electrons. The van der Waals surface area contributed by atoms with Crippen LogP contribution in [0.5, 0.6) is 0 Å². The maximum atomic E-state index is 13.0. The van der Waals surface area contributed by atoms with Crippen molar-refractivity contribution < 1.29 is 18.0 Å². The summed E-state index contributed by atoms with van der Waals surface area (Å²) in [6.07, 6.45) is -4.42. The molecule has 1 aliphatic rings. The highest BCUT2D eigenvalue weighted by Crippen LogP contribution is 2.32. The minimum absolute atomic E-state index is 0.0369. The molecule has 0 aliphatic carbocycles. The number of aryl methyl sites for hydroxylation is 1. The Kier molecular flexibility index (Phi) is 5.08. The van der Waals surface area contributed by atoms with E-state index in [1.54, 1.807) is 17.9 Å². The summed E-state index contributed by atoms with van der Waals surface area (Å²) < 4.78 is 39.1. The minimum atomic E-state index is -4.42. The van der Waals surface area contributed by atoms with Gasteiger partial charge in [0.05, 0.1) is 5.56 Å². The van der Waals surface area contributed by atoms with Crippen LogP contribution in [0.15, 0.2) is 24.3 Å². The molecular weight excluding hydrogens is 357 g/mol. The van der Waals surface area contributed by atoms with Crippen LogP contribution in [0, 0.1) is 13.8 Å². The summed E-state index contributed by atoms with van der Waals surface area (Å²) in [6.45, 7) is 7.70. The zero-order valence-electron chi connectivity index (χ0n) is 15.5. The summed E-state index contributed by atoms with van der Waals surface area (Å²) >= 11 is 0. The molecule has 3 rings (SSSR count). The number of nitrogens with zero attached hydrogens (tertiary/aromatic N) is 4. The summed E-state index contributed by atoms with van der Waals surface area (Å²) in [7, 11) is 0. The molecule has 144 valence electrons. The van der Waals surface area contributed by atoms with Crippen molar-refractivity contribution in [1.82, 2.24) is 14.9 Å². The lowest BCUT2D eigenvalue weighted by Gasteiger charge is -2.35. The van der Waals surface area contributed by atoms with Crippen LogP contribution in [0.25, 0.3) is 11.4 Å². The normalized spacial score (nSPS) is 15.2. The predicted octanol–water partition coefficient (Wildman–Crippen LogP) is 3.45. The van der Waals surface area contributed by atoms with Crippen molar-refractivity contribution in [2.24, 2.45) is 0 Å². The Morgan fingerprint density at radius 2 is 1.74 bits per heavy atom. The van der Waals surface area contributed by atoms with Gasteiger partial charge in [-0.3, -0.25) is 4.79 Å². The molecule has 1 aliphatic heterocycles. The SMILES string of the molecule is CC(=O)N1CCN(c2nc(-c3cccc(C(F)(F)F)c3)nc(C)c2C)CC1. The van der Waals surface area contributed by atoms with Gasteiger partial charge < -0.3 is 9.80 Å². The number of aromatic nitrogens is 2. The van der Waals surface area contributed by atoms with Crippen molar-refractivity contribution in [3.05, 3.63) is 41.1 Å². The summed E-state index contributed by atoms with van der Waals surface area (Å²) in [5.74, 6) is 1.02. The molecule has 2 heterocycles. The second kappa shape index (κ2) is 7.17. The van der Waals surface area contributed by atoms with Gasteiger partial charge in [0, 0.05) is 49.9 Å². The van der Waals surface area contributed by atoms with E-state index in [0.29, 0.717) is 37.6 Å². The van der Waals surface area contributed by atoms with Crippen LogP contribution < -0.4 is 4.90 Å². The predicted molar refractivity (Wildman–Crippen MR) is 96.4 cm³/mol. The number of alkyl halides is 3. The van der Waals surface area contributed by atoms with Crippen molar-refractivity contribution in [3.8, 4) is 11.4 Å². The Bertz CT molecular complexity index is 859. The van der Waals surface area contributed by atoms with Crippen LogP contribution in [-0.4, -0.2) is 47.0 Å². The Labute approximate surface area is 155 Å². The first-order chi connectivity index (χ1) is 12.7. The van der Waals surface area contributed by atoms with Gasteiger partial charge in [0.25, 0.3) is 0 Å². The second-order valence-electron chi connectivity index (χ2n) is 6.65. The van der Waals surface area contributed by atoms with Gasteiger partial charge in [-0.1, -0.05) is 12.1 Å². The smallest absolute Gasteiger partial charge is 0.353 e. The zero-order valence-corrected chi connectivity index (χ0v) is 15.5. The lowest BCUT2D eigenvalue weighted by molar-refractivity contribution is -0.137. The van der Waals surface area contributed by atoms with Crippen molar-refractivity contribution in [2.45, 2.75) is 26.9 Å². The monoisotopic (exact) mass is 378 g/mol. The van der Waals surface area contributed by atoms with Crippen molar-refractivity contribution in [1.29, 1.82) is 0 Å². The van der Waals surface area contributed by atoms with E-state index in [4.69, 9.17) is 0 Å². The molecular formula is C19H21F3N4O. The van der Waals surface area contributed by atoms with Crippen molar-refractivity contribution >= 4 is 11.7 Å². The number of amides is 1. The Balaban J connectivity index is 1.95. The highest BCUT2D eigenvalue weighted by molar-refractivity contribution is 5.73. The average molecular weight is 378 g/mol. The first-order valence-corrected chi connectivity index (χ1v) is 8.70. The topological polar surface area (TPSA) is 49.3 Å². The Hall–Kier alpha value is -2.64. The van der Waals surface area contributed by atoms with Gasteiger partial charge >= 0.3 is 6.18 Å². The minimum Gasteiger partial charge on any atom is -0.353 e. The van der Waals surface area contributed by atoms with Crippen LogP contribution in [0.3, 0.4) is 0 Å². The molecule has 2 aromatic rings. The third-order valence-electron chi connectivity index (χ3n) is 4.84. The van der Waals surface area contributed by atoms with Crippen LogP contribution in [0.4, 0.5) is 19.0 Å². The molecule has 1 fully saturated rings. The molecule has 0 saturated carbocycles. The Morgan fingerprint density at radius 1 is 1.07 bits per heavy atom. The van der Waals surface area contributed by atoms with Gasteiger partial charge in [0.15, 0.2) is 5.82 Å². The number of anilines is 1. The van der Waals surface area contributed by atoms with E-state index >= 15 is 0 Å². The van der Waals surface area contributed by atoms with E-state index in [1.807, 2.05) is 13.8 Å². The lowest BCUT2D eigenvalue weighted by atomic mass is 10.1. The van der Waals surface area contributed by atoms with Gasteiger partial charge in [-0.2, -0.15) is 13.2 Å². The number of piperazine rings is 1. The fraction of sp³-hybridized carbons (Fsp3) is 0.421. The van der Waals surface area contributed by atoms with E-state index < -0.39 is 11.7 Å². The fourth-order valence-electron chi connectivity index (χ4n) is 3.12. The molecule has 5 nitrogen and oxygen atoms in total. The van der Waals surface area contributed by atoms with Gasteiger partial charge in [0.1, 0.15) is 5.82 Å². The van der Waals surface area contributed by atoms with Crippen LogP contribution in [0.2, 0.25) is 0 Å². The van der Waals surface area contributed by atoms with Crippen molar-refractivity contribution in [3.63, 3.8) is 0 Å². The highest BCUT2D eigenvalue weighted by Gasteiger charge is 2.31. The Morgan fingerprint density at radius 3 is 2.33 bits per heavy atom. The standard InChI is InChI=1S/C19H21F3N4O/c1-12-13(2)23-17(15-5-4-6-16(11-15)19(20,21)22)24-18(12)26-9-7-25(8-10-26)14(3)27/h4-6,11H,7-10H2,1-3H3. The summed E-state index contributed by atoms with van der Waals surface area (Å²) in [5.41, 5.74) is 1.22. The largest absolute Gasteiger partial charge is 0.416 e. The number of halogens is 3. The van der Waals surface area contributed by atoms with E-state index in [2.05, 4.69) is 14.9 Å². The molecule has 0 N–H and O–H groups in total. The number of carbonyl (C=O) groups excluding carboxylic acids is 1. The van der Waals surface area contributed by atoms with Gasteiger partial charge in [-0.15, -0.1) is 0 Å². The number of benzene rings is 1. The molecule has 8 heteroatoms. The maximum absolute atomic E-state index is 13.0. The second-order valence-corrected chi connectivity index (χ2v) is 6.65. The summed E-state index contributed by atoms with van der Waals surface area (Å²) in [6, 6.07) is 5.05. The molecule has 1 amide bonds. The highest BCUT2D eigenvalue weighted by atomic mass is 19.4. The van der Waals surface area contributed by atoms with Gasteiger partial charge in [-0.25, -0.2) is 9.97 Å².